The third-order valence-corrected chi connectivity index (χ3v) is 4.03. The Bertz CT molecular complexity index is 474. The average Bonchev–Trinajstić information content (AvgIpc) is 2.74. The zero-order valence-corrected chi connectivity index (χ0v) is 14.7. The van der Waals surface area contributed by atoms with Crippen LogP contribution in [0.3, 0.4) is 0 Å². The van der Waals surface area contributed by atoms with Crippen molar-refractivity contribution in [3.63, 3.8) is 0 Å². The lowest BCUT2D eigenvalue weighted by Gasteiger charge is -2.28. The van der Waals surface area contributed by atoms with E-state index in [1.165, 1.54) is 25.7 Å². The van der Waals surface area contributed by atoms with E-state index < -0.39 is 5.60 Å². The smallest absolute Gasteiger partial charge is 0.408 e. The SMILES string of the molecule is CC(C)(C)OC(=O)NC(CN1CCCCCC1)c1ccccc1. The summed E-state index contributed by atoms with van der Waals surface area (Å²) in [7, 11) is 0. The standard InChI is InChI=1S/C19H30N2O2/c1-19(2,3)23-18(22)20-17(16-11-7-6-8-12-16)15-21-13-9-4-5-10-14-21/h6-8,11-12,17H,4-5,9-10,13-15H2,1-3H3,(H,20,22). The number of amides is 1. The maximum absolute atomic E-state index is 12.2. The van der Waals surface area contributed by atoms with Crippen molar-refractivity contribution in [1.82, 2.24) is 10.2 Å². The van der Waals surface area contributed by atoms with Crippen LogP contribution in [0, 0.1) is 0 Å². The second kappa shape index (κ2) is 8.34. The van der Waals surface area contributed by atoms with E-state index in [9.17, 15) is 4.79 Å². The van der Waals surface area contributed by atoms with Crippen molar-refractivity contribution in [3.8, 4) is 0 Å². The summed E-state index contributed by atoms with van der Waals surface area (Å²) in [6.07, 6.45) is 4.76. The fraction of sp³-hybridized carbons (Fsp3) is 0.632. The molecule has 1 aliphatic rings. The zero-order valence-electron chi connectivity index (χ0n) is 14.7. The quantitative estimate of drug-likeness (QED) is 0.907. The number of carbonyl (C=O) groups is 1. The minimum atomic E-state index is -0.478. The molecule has 0 radical (unpaired) electrons. The van der Waals surface area contributed by atoms with E-state index >= 15 is 0 Å². The van der Waals surface area contributed by atoms with Crippen molar-refractivity contribution in [2.75, 3.05) is 19.6 Å². The van der Waals surface area contributed by atoms with Gasteiger partial charge in [0.2, 0.25) is 0 Å². The van der Waals surface area contributed by atoms with Crippen molar-refractivity contribution in [2.24, 2.45) is 0 Å². The highest BCUT2D eigenvalue weighted by atomic mass is 16.6. The molecule has 4 nitrogen and oxygen atoms in total. The largest absolute Gasteiger partial charge is 0.444 e. The van der Waals surface area contributed by atoms with E-state index in [0.29, 0.717) is 0 Å². The number of benzene rings is 1. The molecule has 0 aromatic heterocycles. The van der Waals surface area contributed by atoms with Crippen LogP contribution in [-0.2, 0) is 4.74 Å². The summed E-state index contributed by atoms with van der Waals surface area (Å²) in [5.74, 6) is 0. The first-order valence-corrected chi connectivity index (χ1v) is 8.71. The highest BCUT2D eigenvalue weighted by Crippen LogP contribution is 2.18. The monoisotopic (exact) mass is 318 g/mol. The number of nitrogens with zero attached hydrogens (tertiary/aromatic N) is 1. The Labute approximate surface area is 140 Å². The van der Waals surface area contributed by atoms with E-state index in [2.05, 4.69) is 22.3 Å². The molecule has 0 saturated carbocycles. The lowest BCUT2D eigenvalue weighted by molar-refractivity contribution is 0.0491. The number of hydrogen-bond acceptors (Lipinski definition) is 3. The molecule has 0 aliphatic carbocycles. The number of alkyl carbamates (subject to hydrolysis) is 1. The molecule has 0 spiro atoms. The van der Waals surface area contributed by atoms with Crippen LogP contribution < -0.4 is 5.32 Å². The molecule has 1 fully saturated rings. The summed E-state index contributed by atoms with van der Waals surface area (Å²) in [5, 5.41) is 3.05. The van der Waals surface area contributed by atoms with E-state index in [-0.39, 0.29) is 12.1 Å². The molecule has 1 aromatic carbocycles. The summed E-state index contributed by atoms with van der Waals surface area (Å²) in [4.78, 5) is 14.7. The number of ether oxygens (including phenoxy) is 1. The Hall–Kier alpha value is -1.55. The summed E-state index contributed by atoms with van der Waals surface area (Å²) in [5.41, 5.74) is 0.649. The van der Waals surface area contributed by atoms with Crippen LogP contribution in [-0.4, -0.2) is 36.2 Å². The Balaban J connectivity index is 2.04. The van der Waals surface area contributed by atoms with Crippen LogP contribution >= 0.6 is 0 Å². The van der Waals surface area contributed by atoms with Gasteiger partial charge in [-0.3, -0.25) is 0 Å². The first-order valence-electron chi connectivity index (χ1n) is 8.71. The van der Waals surface area contributed by atoms with Crippen LogP contribution in [0.25, 0.3) is 0 Å². The molecule has 1 aromatic rings. The molecule has 23 heavy (non-hydrogen) atoms. The molecule has 128 valence electrons. The highest BCUT2D eigenvalue weighted by Gasteiger charge is 2.22. The topological polar surface area (TPSA) is 41.6 Å². The first-order chi connectivity index (χ1) is 10.9. The van der Waals surface area contributed by atoms with Gasteiger partial charge in [-0.25, -0.2) is 4.79 Å². The molecular weight excluding hydrogens is 288 g/mol. The van der Waals surface area contributed by atoms with Gasteiger partial charge in [0.15, 0.2) is 0 Å². The van der Waals surface area contributed by atoms with Gasteiger partial charge < -0.3 is 15.0 Å². The normalized spacial score (nSPS) is 18.0. The highest BCUT2D eigenvalue weighted by molar-refractivity contribution is 5.68. The van der Waals surface area contributed by atoms with Gasteiger partial charge in [-0.05, 0) is 52.3 Å². The van der Waals surface area contributed by atoms with E-state index in [4.69, 9.17) is 4.74 Å². The van der Waals surface area contributed by atoms with Crippen LogP contribution in [0.15, 0.2) is 30.3 Å². The summed E-state index contributed by atoms with van der Waals surface area (Å²) < 4.78 is 5.43. The summed E-state index contributed by atoms with van der Waals surface area (Å²) in [6.45, 7) is 8.72. The van der Waals surface area contributed by atoms with Crippen molar-refractivity contribution in [2.45, 2.75) is 58.1 Å². The molecule has 4 heteroatoms. The number of carbonyl (C=O) groups excluding carboxylic acids is 1. The molecule has 1 atom stereocenters. The van der Waals surface area contributed by atoms with E-state index in [0.717, 1.165) is 25.2 Å². The van der Waals surface area contributed by atoms with Crippen molar-refractivity contribution >= 4 is 6.09 Å². The second-order valence-electron chi connectivity index (χ2n) is 7.32. The van der Waals surface area contributed by atoms with Gasteiger partial charge in [0, 0.05) is 6.54 Å². The van der Waals surface area contributed by atoms with Gasteiger partial charge in [-0.1, -0.05) is 43.2 Å². The van der Waals surface area contributed by atoms with Gasteiger partial charge in [0.25, 0.3) is 0 Å². The lowest BCUT2D eigenvalue weighted by atomic mass is 10.1. The number of nitrogens with one attached hydrogen (secondary N) is 1. The molecular formula is C19H30N2O2. The molecule has 0 bridgehead atoms. The fourth-order valence-corrected chi connectivity index (χ4v) is 2.95. The number of hydrogen-bond donors (Lipinski definition) is 1. The fourth-order valence-electron chi connectivity index (χ4n) is 2.95. The van der Waals surface area contributed by atoms with Gasteiger partial charge in [0.1, 0.15) is 5.60 Å². The summed E-state index contributed by atoms with van der Waals surface area (Å²) in [6, 6.07) is 10.1. The minimum Gasteiger partial charge on any atom is -0.444 e. The van der Waals surface area contributed by atoms with Crippen molar-refractivity contribution in [3.05, 3.63) is 35.9 Å². The maximum atomic E-state index is 12.2. The van der Waals surface area contributed by atoms with Gasteiger partial charge in [-0.2, -0.15) is 0 Å². The number of likely N-dealkylation sites (tertiary alicyclic amines) is 1. The third-order valence-electron chi connectivity index (χ3n) is 4.03. The minimum absolute atomic E-state index is 0.0378. The molecule has 1 saturated heterocycles. The van der Waals surface area contributed by atoms with Crippen molar-refractivity contribution in [1.29, 1.82) is 0 Å². The van der Waals surface area contributed by atoms with Crippen LogP contribution in [0.4, 0.5) is 4.79 Å². The Morgan fingerprint density at radius 2 is 1.74 bits per heavy atom. The predicted octanol–water partition coefficient (Wildman–Crippen LogP) is 4.13. The van der Waals surface area contributed by atoms with E-state index in [1.807, 2.05) is 39.0 Å². The second-order valence-corrected chi connectivity index (χ2v) is 7.32. The van der Waals surface area contributed by atoms with Gasteiger partial charge in [-0.15, -0.1) is 0 Å². The number of rotatable bonds is 4. The van der Waals surface area contributed by atoms with Crippen LogP contribution in [0.5, 0.6) is 0 Å². The average molecular weight is 318 g/mol. The Morgan fingerprint density at radius 1 is 1.13 bits per heavy atom. The molecule has 1 unspecified atom stereocenters. The third kappa shape index (κ3) is 6.61. The Morgan fingerprint density at radius 3 is 2.30 bits per heavy atom. The van der Waals surface area contributed by atoms with Gasteiger partial charge in [0.05, 0.1) is 6.04 Å². The predicted molar refractivity (Wildman–Crippen MR) is 93.5 cm³/mol. The Kier molecular flexibility index (Phi) is 6.46. The molecule has 1 N–H and O–H groups in total. The maximum Gasteiger partial charge on any atom is 0.408 e. The van der Waals surface area contributed by atoms with Crippen molar-refractivity contribution < 1.29 is 9.53 Å². The van der Waals surface area contributed by atoms with Crippen LogP contribution in [0.1, 0.15) is 58.1 Å². The van der Waals surface area contributed by atoms with Gasteiger partial charge >= 0.3 is 6.09 Å². The summed E-state index contributed by atoms with van der Waals surface area (Å²) >= 11 is 0. The molecule has 1 heterocycles. The first kappa shape index (κ1) is 17.8. The molecule has 1 amide bonds. The van der Waals surface area contributed by atoms with E-state index in [1.54, 1.807) is 0 Å². The van der Waals surface area contributed by atoms with Crippen LogP contribution in [0.2, 0.25) is 0 Å². The lowest BCUT2D eigenvalue weighted by Crippen LogP contribution is -2.40. The molecule has 2 rings (SSSR count). The zero-order chi connectivity index (χ0) is 16.7. The molecule has 1 aliphatic heterocycles.